The van der Waals surface area contributed by atoms with E-state index in [4.69, 9.17) is 11.3 Å². The number of furan rings is 1. The maximum Gasteiger partial charge on any atom is 0 e. The molecule has 0 spiro atoms. The zero-order chi connectivity index (χ0) is 41.8. The maximum absolute atomic E-state index is 15.6. The number of pyridine rings is 2. The summed E-state index contributed by atoms with van der Waals surface area (Å²) in [7, 11) is 0. The molecule has 0 aliphatic heterocycles. The third kappa shape index (κ3) is 7.98. The molecule has 55 heavy (non-hydrogen) atoms. The molecular formula is C49H45FGeIrN2O-2. The van der Waals surface area contributed by atoms with Gasteiger partial charge in [0.05, 0.1) is 12.4 Å². The molecule has 3 heterocycles. The number of hydrogen-bond donors (Lipinski definition) is 0. The first-order valence-corrected chi connectivity index (χ1v) is 26.0. The number of hydrogen-bond acceptors (Lipinski definition) is 3. The minimum absolute atomic E-state index is 0. The van der Waals surface area contributed by atoms with Crippen LogP contribution in [-0.4, -0.2) is 23.2 Å². The zero-order valence-electron chi connectivity index (χ0n) is 36.7. The van der Waals surface area contributed by atoms with E-state index in [1.54, 1.807) is 6.07 Å². The summed E-state index contributed by atoms with van der Waals surface area (Å²) in [5.74, 6) is 7.19. The van der Waals surface area contributed by atoms with Gasteiger partial charge < -0.3 is 9.40 Å². The maximum atomic E-state index is 15.6. The van der Waals surface area contributed by atoms with E-state index in [9.17, 15) is 0 Å². The topological polar surface area (TPSA) is 38.9 Å². The van der Waals surface area contributed by atoms with Gasteiger partial charge in [-0.15, -0.1) is 23.8 Å². The first-order chi connectivity index (χ1) is 28.1. The van der Waals surface area contributed by atoms with Crippen molar-refractivity contribution in [2.75, 3.05) is 0 Å². The second kappa shape index (κ2) is 16.0. The summed E-state index contributed by atoms with van der Waals surface area (Å²) in [5, 5.41) is 3.28. The fourth-order valence-electron chi connectivity index (χ4n) is 7.71. The minimum atomic E-state index is -1.78. The molecule has 0 bridgehead atoms. The second-order valence-electron chi connectivity index (χ2n) is 15.8. The Hall–Kier alpha value is -4.42. The van der Waals surface area contributed by atoms with Crippen molar-refractivity contribution in [2.24, 2.45) is 5.92 Å². The quantitative estimate of drug-likeness (QED) is 0.123. The summed E-state index contributed by atoms with van der Waals surface area (Å²) >= 11 is -1.78. The van der Waals surface area contributed by atoms with Crippen LogP contribution in [0.1, 0.15) is 51.9 Å². The average molecular weight is 967 g/mol. The van der Waals surface area contributed by atoms with Crippen LogP contribution in [0.2, 0.25) is 17.3 Å². The van der Waals surface area contributed by atoms with E-state index in [0.29, 0.717) is 16.9 Å². The van der Waals surface area contributed by atoms with Gasteiger partial charge in [-0.25, -0.2) is 4.39 Å². The number of aromatic nitrogens is 2. The van der Waals surface area contributed by atoms with Gasteiger partial charge >= 0.3 is 123 Å². The third-order valence-electron chi connectivity index (χ3n) is 11.0. The van der Waals surface area contributed by atoms with E-state index in [-0.39, 0.29) is 47.6 Å². The molecule has 9 rings (SSSR count). The number of rotatable bonds is 6. The van der Waals surface area contributed by atoms with E-state index < -0.39 is 49.3 Å². The fraction of sp³-hybridized carbons (Fsp3) is 0.224. The van der Waals surface area contributed by atoms with E-state index in [0.717, 1.165) is 22.5 Å². The molecule has 6 heteroatoms. The Kier molecular flexibility index (Phi) is 9.53. The van der Waals surface area contributed by atoms with Gasteiger partial charge in [-0.3, -0.25) is 0 Å². The van der Waals surface area contributed by atoms with Crippen molar-refractivity contribution in [3.8, 4) is 33.6 Å². The predicted molar refractivity (Wildman–Crippen MR) is 225 cm³/mol. The molecule has 8 aromatic rings. The van der Waals surface area contributed by atoms with Gasteiger partial charge in [0.1, 0.15) is 11.4 Å². The van der Waals surface area contributed by atoms with Crippen molar-refractivity contribution in [3.05, 3.63) is 151 Å². The molecule has 1 aliphatic carbocycles. The summed E-state index contributed by atoms with van der Waals surface area (Å²) < 4.78 is 63.3. The molecule has 0 amide bonds. The summed E-state index contributed by atoms with van der Waals surface area (Å²) in [5.41, 5.74) is 5.58. The summed E-state index contributed by atoms with van der Waals surface area (Å²) in [4.78, 5) is 9.27. The van der Waals surface area contributed by atoms with Crippen molar-refractivity contribution in [1.29, 1.82) is 0 Å². The Morgan fingerprint density at radius 1 is 0.818 bits per heavy atom. The third-order valence-corrected chi connectivity index (χ3v) is 15.3. The summed E-state index contributed by atoms with van der Waals surface area (Å²) in [6, 6.07) is 31.6. The summed E-state index contributed by atoms with van der Waals surface area (Å²) in [6.45, 7) is 4.59. The molecule has 1 aliphatic rings. The van der Waals surface area contributed by atoms with Crippen LogP contribution in [0.25, 0.3) is 66.4 Å². The van der Waals surface area contributed by atoms with Gasteiger partial charge in [0, 0.05) is 31.7 Å². The molecule has 1 saturated carbocycles. The molecule has 3 nitrogen and oxygen atoms in total. The van der Waals surface area contributed by atoms with Crippen molar-refractivity contribution < 1.29 is 35.8 Å². The second-order valence-corrected chi connectivity index (χ2v) is 26.5. The van der Waals surface area contributed by atoms with Gasteiger partial charge in [0.15, 0.2) is 0 Å². The Morgan fingerprint density at radius 2 is 1.60 bits per heavy atom. The number of nitrogens with zero attached hydrogens (tertiary/aromatic N) is 2. The Balaban J connectivity index is 0.000000218. The first-order valence-electron chi connectivity index (χ1n) is 21.1. The van der Waals surface area contributed by atoms with Crippen molar-refractivity contribution >= 4 is 50.4 Å². The van der Waals surface area contributed by atoms with Gasteiger partial charge in [0.2, 0.25) is 0 Å². The SMILES string of the molecule is [2H]c1c([2H])c([2H])c(-c2cc(F)c3c(c2)oc2c[c-]c(-c4cc(C(C)(C)C5CCCC5)ccn4)cc23)c([2H])c1[2H].[CH3][Ge]([CH3])([CH3])[c]1ccc(-c2[c-]ccc3ccccc23)nc1.[Ir]. The largest absolute Gasteiger partial charge is 0 e. The van der Waals surface area contributed by atoms with Gasteiger partial charge in [-0.05, 0) is 64.8 Å². The van der Waals surface area contributed by atoms with Crippen molar-refractivity contribution in [1.82, 2.24) is 9.97 Å². The van der Waals surface area contributed by atoms with Crippen LogP contribution in [0.15, 0.2) is 132 Å². The predicted octanol–water partition coefficient (Wildman–Crippen LogP) is 13.0. The van der Waals surface area contributed by atoms with Gasteiger partial charge in [-0.1, -0.05) is 68.4 Å². The van der Waals surface area contributed by atoms with Crippen LogP contribution in [0.3, 0.4) is 0 Å². The first kappa shape index (κ1) is 32.8. The Bertz CT molecular complexity index is 2850. The Morgan fingerprint density at radius 3 is 2.35 bits per heavy atom. The van der Waals surface area contributed by atoms with Gasteiger partial charge in [0.25, 0.3) is 0 Å². The van der Waals surface area contributed by atoms with Crippen LogP contribution in [0.5, 0.6) is 0 Å². The molecule has 1 radical (unpaired) electrons. The standard InChI is InChI=1S/C31H27FNO.C18H18GeN.Ir/c1-31(2,23-10-6-7-11-23)24-14-15-33-27(19-24)21-12-13-28-25(16-21)30-26(32)17-22(18-29(30)34-28)20-8-4-3-5-9-20;1-19(2,3)15-11-12-18(20-13-15)17-10-6-8-14-7-4-5-9-16(14)17;/h3-5,8-9,13-19,23H,6-7,10-11H2,1-2H3;4-9,11-13H,1-3H3;/q2*-1;/i3D,4D,5D,8D,9D;;. The Labute approximate surface area is 347 Å². The fourth-order valence-corrected chi connectivity index (χ4v) is 9.88. The van der Waals surface area contributed by atoms with E-state index in [2.05, 4.69) is 114 Å². The molecule has 0 N–H and O–H groups in total. The van der Waals surface area contributed by atoms with E-state index in [1.807, 2.05) is 18.3 Å². The molecule has 3 aromatic heterocycles. The van der Waals surface area contributed by atoms with Crippen molar-refractivity contribution in [2.45, 2.75) is 62.2 Å². The van der Waals surface area contributed by atoms with Crippen LogP contribution in [0, 0.1) is 23.9 Å². The monoisotopic (exact) mass is 968 g/mol. The van der Waals surface area contributed by atoms with Crippen LogP contribution < -0.4 is 4.40 Å². The molecule has 279 valence electrons. The number of halogens is 1. The molecular weight excluding hydrogens is 916 g/mol. The zero-order valence-corrected chi connectivity index (χ0v) is 36.2. The average Bonchev–Trinajstić information content (AvgIpc) is 3.92. The minimum Gasteiger partial charge on any atom is 0 e. The normalized spacial score (nSPS) is 14.8. The van der Waals surface area contributed by atoms with Crippen LogP contribution in [-0.2, 0) is 25.5 Å². The summed E-state index contributed by atoms with van der Waals surface area (Å²) in [6.07, 6.45) is 8.88. The van der Waals surface area contributed by atoms with Crippen LogP contribution in [0.4, 0.5) is 4.39 Å². The van der Waals surface area contributed by atoms with E-state index in [1.165, 1.54) is 58.5 Å². The van der Waals surface area contributed by atoms with Crippen LogP contribution >= 0.6 is 0 Å². The molecule has 0 saturated heterocycles. The number of benzene rings is 5. The molecule has 5 aromatic carbocycles. The van der Waals surface area contributed by atoms with E-state index >= 15 is 4.39 Å². The number of fused-ring (bicyclic) bond motifs is 4. The van der Waals surface area contributed by atoms with Gasteiger partial charge in [-0.2, -0.15) is 0 Å². The smallest absolute Gasteiger partial charge is 0 e. The van der Waals surface area contributed by atoms with Crippen molar-refractivity contribution in [3.63, 3.8) is 0 Å². The molecule has 0 unspecified atom stereocenters. The molecule has 1 fully saturated rings. The molecule has 0 atom stereocenters.